The largest absolute Gasteiger partial charge is 0.462 e. The fourth-order valence-electron chi connectivity index (χ4n) is 8.21. The SMILES string of the molecule is CC/C=C\C/C=C\C/C=C\C/C=C\C/C=C\C/C=C\CCCCCCCCC(=O)OCC(COC(=O)CCCCCCCCCC)OC(=O)CCCCCCCCCCC/C=C\CCCCCCCC. The number of unbranched alkanes of at least 4 members (excludes halogenated alkanes) is 28. The first kappa shape index (κ1) is 66.6. The summed E-state index contributed by atoms with van der Waals surface area (Å²) in [7, 11) is 0. The van der Waals surface area contributed by atoms with Crippen LogP contribution in [0.5, 0.6) is 0 Å². The maximum absolute atomic E-state index is 12.8. The normalized spacial score (nSPS) is 12.7. The highest BCUT2D eigenvalue weighted by atomic mass is 16.6. The molecule has 0 aliphatic carbocycles. The summed E-state index contributed by atoms with van der Waals surface area (Å²) >= 11 is 0. The molecule has 6 nitrogen and oxygen atoms in total. The second-order valence-electron chi connectivity index (χ2n) is 19.5. The van der Waals surface area contributed by atoms with Crippen LogP contribution >= 0.6 is 0 Å². The van der Waals surface area contributed by atoms with Gasteiger partial charge in [-0.05, 0) is 96.3 Å². The molecule has 0 bridgehead atoms. The van der Waals surface area contributed by atoms with Crippen molar-refractivity contribution < 1.29 is 28.6 Å². The second kappa shape index (κ2) is 58.2. The zero-order valence-electron chi connectivity index (χ0n) is 46.0. The molecule has 0 aromatic heterocycles. The Bertz CT molecular complexity index is 1350. The Morgan fingerprint density at radius 2 is 0.557 bits per heavy atom. The fourth-order valence-corrected chi connectivity index (χ4v) is 8.21. The van der Waals surface area contributed by atoms with Crippen LogP contribution in [0.2, 0.25) is 0 Å². The summed E-state index contributed by atoms with van der Waals surface area (Å²) in [4.78, 5) is 38.0. The molecule has 6 heteroatoms. The third-order valence-corrected chi connectivity index (χ3v) is 12.6. The number of ether oxygens (including phenoxy) is 3. The molecule has 0 aromatic carbocycles. The topological polar surface area (TPSA) is 78.9 Å². The van der Waals surface area contributed by atoms with Gasteiger partial charge < -0.3 is 14.2 Å². The highest BCUT2D eigenvalue weighted by Gasteiger charge is 2.19. The predicted molar refractivity (Wildman–Crippen MR) is 302 cm³/mol. The third-order valence-electron chi connectivity index (χ3n) is 12.6. The van der Waals surface area contributed by atoms with Gasteiger partial charge in [0.15, 0.2) is 6.10 Å². The van der Waals surface area contributed by atoms with Crippen molar-refractivity contribution >= 4 is 17.9 Å². The molecule has 0 spiro atoms. The molecule has 0 fully saturated rings. The van der Waals surface area contributed by atoms with E-state index in [9.17, 15) is 14.4 Å². The number of rotatable bonds is 53. The van der Waals surface area contributed by atoms with E-state index in [1.54, 1.807) is 0 Å². The van der Waals surface area contributed by atoms with Gasteiger partial charge in [0.05, 0.1) is 0 Å². The fraction of sp³-hybridized carbons (Fsp3) is 0.734. The van der Waals surface area contributed by atoms with Gasteiger partial charge >= 0.3 is 17.9 Å². The number of esters is 3. The van der Waals surface area contributed by atoms with Crippen molar-refractivity contribution in [2.24, 2.45) is 0 Å². The first-order valence-electron chi connectivity index (χ1n) is 29.6. The van der Waals surface area contributed by atoms with Crippen LogP contribution in [0.4, 0.5) is 0 Å². The smallest absolute Gasteiger partial charge is 0.306 e. The van der Waals surface area contributed by atoms with E-state index in [0.29, 0.717) is 19.3 Å². The molecule has 402 valence electrons. The summed E-state index contributed by atoms with van der Waals surface area (Å²) in [6, 6.07) is 0. The molecule has 1 unspecified atom stereocenters. The Kier molecular flexibility index (Phi) is 55.3. The molecule has 0 aliphatic heterocycles. The highest BCUT2D eigenvalue weighted by Crippen LogP contribution is 2.15. The number of carbonyl (C=O) groups is 3. The summed E-state index contributed by atoms with van der Waals surface area (Å²) < 4.78 is 16.8. The lowest BCUT2D eigenvalue weighted by Crippen LogP contribution is -2.30. The van der Waals surface area contributed by atoms with E-state index in [-0.39, 0.29) is 31.1 Å². The third kappa shape index (κ3) is 55.5. The Hall–Kier alpha value is -3.41. The van der Waals surface area contributed by atoms with Crippen LogP contribution in [0.1, 0.15) is 284 Å². The molecule has 0 saturated carbocycles. The van der Waals surface area contributed by atoms with Gasteiger partial charge in [-0.25, -0.2) is 0 Å². The quantitative estimate of drug-likeness (QED) is 0.0261. The molecular weight excluding hydrogens is 865 g/mol. The average Bonchev–Trinajstić information content (AvgIpc) is 3.36. The van der Waals surface area contributed by atoms with Crippen molar-refractivity contribution in [3.05, 3.63) is 85.1 Å². The molecule has 0 radical (unpaired) electrons. The lowest BCUT2D eigenvalue weighted by molar-refractivity contribution is -0.167. The van der Waals surface area contributed by atoms with Crippen LogP contribution in [-0.2, 0) is 28.6 Å². The Morgan fingerprint density at radius 3 is 0.886 bits per heavy atom. The van der Waals surface area contributed by atoms with Crippen LogP contribution in [0.25, 0.3) is 0 Å². The van der Waals surface area contributed by atoms with Gasteiger partial charge in [-0.3, -0.25) is 14.4 Å². The van der Waals surface area contributed by atoms with Crippen molar-refractivity contribution in [1.82, 2.24) is 0 Å². The van der Waals surface area contributed by atoms with E-state index >= 15 is 0 Å². The van der Waals surface area contributed by atoms with Crippen LogP contribution in [0.15, 0.2) is 85.1 Å². The zero-order chi connectivity index (χ0) is 50.7. The van der Waals surface area contributed by atoms with Gasteiger partial charge in [0, 0.05) is 19.3 Å². The van der Waals surface area contributed by atoms with E-state index < -0.39 is 6.10 Å². The van der Waals surface area contributed by atoms with Crippen molar-refractivity contribution in [2.75, 3.05) is 13.2 Å². The lowest BCUT2D eigenvalue weighted by atomic mass is 10.1. The molecule has 0 aromatic rings. The summed E-state index contributed by atoms with van der Waals surface area (Å²) in [6.07, 6.45) is 75.9. The molecule has 0 amide bonds. The van der Waals surface area contributed by atoms with E-state index in [0.717, 1.165) is 109 Å². The molecule has 70 heavy (non-hydrogen) atoms. The number of carbonyl (C=O) groups excluding carboxylic acids is 3. The predicted octanol–water partition coefficient (Wildman–Crippen LogP) is 19.9. The van der Waals surface area contributed by atoms with E-state index in [1.807, 2.05) is 0 Å². The maximum atomic E-state index is 12.8. The van der Waals surface area contributed by atoms with E-state index in [2.05, 4.69) is 106 Å². The van der Waals surface area contributed by atoms with Crippen molar-refractivity contribution in [3.63, 3.8) is 0 Å². The minimum absolute atomic E-state index is 0.0804. The number of allylic oxidation sites excluding steroid dienone is 14. The van der Waals surface area contributed by atoms with Crippen LogP contribution < -0.4 is 0 Å². The maximum Gasteiger partial charge on any atom is 0.306 e. The standard InChI is InChI=1S/C64H110O6/c1-4-7-10-13-16-19-21-23-25-27-29-30-31-32-33-34-36-37-39-41-43-45-48-51-54-57-63(66)69-60-61(59-68-62(65)56-53-50-47-18-15-12-9-6-3)70-64(67)58-55-52-49-46-44-42-40-38-35-28-26-24-22-20-17-14-11-8-5-2/h7,10,16,19,23-26,29-30,32-33,36-37,61H,4-6,8-9,11-15,17-18,20-22,27-28,31,34-35,38-60H2,1-3H3/b10-7-,19-16-,25-23-,26-24-,30-29-,33-32-,37-36-. The van der Waals surface area contributed by atoms with E-state index in [1.165, 1.54) is 135 Å². The average molecular weight is 976 g/mol. The lowest BCUT2D eigenvalue weighted by Gasteiger charge is -2.18. The summed E-state index contributed by atoms with van der Waals surface area (Å²) in [5.74, 6) is -0.895. The van der Waals surface area contributed by atoms with Gasteiger partial charge in [0.2, 0.25) is 0 Å². The van der Waals surface area contributed by atoms with Crippen molar-refractivity contribution in [2.45, 2.75) is 290 Å². The van der Waals surface area contributed by atoms with Crippen LogP contribution in [-0.4, -0.2) is 37.2 Å². The molecule has 0 rings (SSSR count). The highest BCUT2D eigenvalue weighted by molar-refractivity contribution is 5.71. The summed E-state index contributed by atoms with van der Waals surface area (Å²) in [5.41, 5.74) is 0. The molecule has 0 heterocycles. The monoisotopic (exact) mass is 975 g/mol. The molecular formula is C64H110O6. The first-order chi connectivity index (χ1) is 34.5. The number of hydrogen-bond donors (Lipinski definition) is 0. The summed E-state index contributed by atoms with van der Waals surface area (Å²) in [5, 5.41) is 0. The summed E-state index contributed by atoms with van der Waals surface area (Å²) in [6.45, 7) is 6.49. The Morgan fingerprint density at radius 1 is 0.300 bits per heavy atom. The van der Waals surface area contributed by atoms with Crippen LogP contribution in [0.3, 0.4) is 0 Å². The van der Waals surface area contributed by atoms with Crippen molar-refractivity contribution in [3.8, 4) is 0 Å². The van der Waals surface area contributed by atoms with Crippen LogP contribution in [0, 0.1) is 0 Å². The minimum Gasteiger partial charge on any atom is -0.462 e. The zero-order valence-corrected chi connectivity index (χ0v) is 46.0. The minimum atomic E-state index is -0.782. The van der Waals surface area contributed by atoms with Gasteiger partial charge in [-0.1, -0.05) is 254 Å². The van der Waals surface area contributed by atoms with Gasteiger partial charge in [-0.2, -0.15) is 0 Å². The van der Waals surface area contributed by atoms with Gasteiger partial charge in [0.25, 0.3) is 0 Å². The van der Waals surface area contributed by atoms with E-state index in [4.69, 9.17) is 14.2 Å². The van der Waals surface area contributed by atoms with Gasteiger partial charge in [-0.15, -0.1) is 0 Å². The Balaban J connectivity index is 4.26. The van der Waals surface area contributed by atoms with Crippen molar-refractivity contribution in [1.29, 1.82) is 0 Å². The molecule has 1 atom stereocenters. The molecule has 0 saturated heterocycles. The first-order valence-corrected chi connectivity index (χ1v) is 29.6. The van der Waals surface area contributed by atoms with Gasteiger partial charge in [0.1, 0.15) is 13.2 Å². The second-order valence-corrected chi connectivity index (χ2v) is 19.5. The Labute approximate surface area is 433 Å². The number of hydrogen-bond acceptors (Lipinski definition) is 6. The molecule has 0 aliphatic rings. The molecule has 0 N–H and O–H groups in total.